The van der Waals surface area contributed by atoms with E-state index in [-0.39, 0.29) is 6.10 Å². The Bertz CT molecular complexity index is 591. The van der Waals surface area contributed by atoms with E-state index in [9.17, 15) is 0 Å². The zero-order valence-electron chi connectivity index (χ0n) is 11.8. The minimum Gasteiger partial charge on any atom is -0.488 e. The van der Waals surface area contributed by atoms with Gasteiger partial charge in [-0.3, -0.25) is 0 Å². The van der Waals surface area contributed by atoms with E-state index >= 15 is 0 Å². The van der Waals surface area contributed by atoms with Gasteiger partial charge < -0.3 is 10.1 Å². The van der Waals surface area contributed by atoms with E-state index < -0.39 is 0 Å². The molecule has 2 nitrogen and oxygen atoms in total. The van der Waals surface area contributed by atoms with Crippen LogP contribution in [0.2, 0.25) is 10.0 Å². The Kier molecular flexibility index (Phi) is 5.80. The molecular formula is C16H16BrCl2NO. The molecule has 0 amide bonds. The minimum atomic E-state index is 0.0340. The largest absolute Gasteiger partial charge is 0.488 e. The zero-order valence-corrected chi connectivity index (χ0v) is 14.9. The average molecular weight is 389 g/mol. The average Bonchev–Trinajstić information content (AvgIpc) is 2.42. The van der Waals surface area contributed by atoms with Gasteiger partial charge in [-0.15, -0.1) is 0 Å². The maximum atomic E-state index is 6.24. The number of benzene rings is 2. The molecule has 0 saturated heterocycles. The Morgan fingerprint density at radius 3 is 2.19 bits per heavy atom. The van der Waals surface area contributed by atoms with Crippen molar-refractivity contribution in [3.63, 3.8) is 0 Å². The van der Waals surface area contributed by atoms with E-state index in [1.165, 1.54) is 0 Å². The van der Waals surface area contributed by atoms with Gasteiger partial charge >= 0.3 is 0 Å². The van der Waals surface area contributed by atoms with Crippen LogP contribution in [0.3, 0.4) is 0 Å². The standard InChI is InChI=1S/C16H16BrCl2NO/c1-10(2)21-16-14(18)7-11(8-15(16)19)9-20-13-5-3-12(17)4-6-13/h3-8,10,20H,9H2,1-2H3. The van der Waals surface area contributed by atoms with Crippen LogP contribution < -0.4 is 10.1 Å². The third-order valence-corrected chi connectivity index (χ3v) is 3.84. The van der Waals surface area contributed by atoms with Crippen LogP contribution in [-0.4, -0.2) is 6.10 Å². The van der Waals surface area contributed by atoms with Crippen molar-refractivity contribution >= 4 is 44.8 Å². The highest BCUT2D eigenvalue weighted by Crippen LogP contribution is 2.35. The molecule has 2 aromatic carbocycles. The summed E-state index contributed by atoms with van der Waals surface area (Å²) < 4.78 is 6.67. The monoisotopic (exact) mass is 387 g/mol. The van der Waals surface area contributed by atoms with Crippen molar-refractivity contribution in [1.29, 1.82) is 0 Å². The van der Waals surface area contributed by atoms with Gasteiger partial charge in [0.15, 0.2) is 5.75 Å². The highest BCUT2D eigenvalue weighted by atomic mass is 79.9. The van der Waals surface area contributed by atoms with Crippen LogP contribution >= 0.6 is 39.1 Å². The summed E-state index contributed by atoms with van der Waals surface area (Å²) in [4.78, 5) is 0. The van der Waals surface area contributed by atoms with Crippen LogP contribution in [0, 0.1) is 0 Å². The lowest BCUT2D eigenvalue weighted by molar-refractivity contribution is 0.242. The van der Waals surface area contributed by atoms with E-state index in [0.717, 1.165) is 15.7 Å². The summed E-state index contributed by atoms with van der Waals surface area (Å²) in [6.07, 6.45) is 0.0340. The molecule has 0 saturated carbocycles. The fourth-order valence-corrected chi connectivity index (χ4v) is 2.72. The van der Waals surface area contributed by atoms with Gasteiger partial charge in [-0.25, -0.2) is 0 Å². The van der Waals surface area contributed by atoms with Gasteiger partial charge in [-0.1, -0.05) is 39.1 Å². The number of hydrogen-bond acceptors (Lipinski definition) is 2. The molecule has 0 unspecified atom stereocenters. The molecule has 0 aromatic heterocycles. The smallest absolute Gasteiger partial charge is 0.156 e. The highest BCUT2D eigenvalue weighted by molar-refractivity contribution is 9.10. The Balaban J connectivity index is 2.09. The molecule has 1 N–H and O–H groups in total. The first kappa shape index (κ1) is 16.5. The molecule has 0 aliphatic carbocycles. The van der Waals surface area contributed by atoms with E-state index in [0.29, 0.717) is 22.3 Å². The molecule has 0 heterocycles. The molecule has 5 heteroatoms. The Morgan fingerprint density at radius 2 is 1.67 bits per heavy atom. The Morgan fingerprint density at radius 1 is 1.10 bits per heavy atom. The predicted molar refractivity (Wildman–Crippen MR) is 93.7 cm³/mol. The van der Waals surface area contributed by atoms with E-state index in [1.54, 1.807) is 0 Å². The van der Waals surface area contributed by atoms with Crippen molar-refractivity contribution in [2.75, 3.05) is 5.32 Å². The molecule has 0 aliphatic heterocycles. The van der Waals surface area contributed by atoms with Crippen molar-refractivity contribution in [2.24, 2.45) is 0 Å². The first-order chi connectivity index (χ1) is 9.95. The van der Waals surface area contributed by atoms with Crippen molar-refractivity contribution in [2.45, 2.75) is 26.5 Å². The second-order valence-corrected chi connectivity index (χ2v) is 6.65. The summed E-state index contributed by atoms with van der Waals surface area (Å²) in [5.41, 5.74) is 2.04. The van der Waals surface area contributed by atoms with Crippen molar-refractivity contribution in [1.82, 2.24) is 0 Å². The Labute approximate surface area is 143 Å². The predicted octanol–water partition coefficient (Wildman–Crippen LogP) is 6.16. The molecule has 0 bridgehead atoms. The molecule has 112 valence electrons. The second kappa shape index (κ2) is 7.39. The number of nitrogens with one attached hydrogen (secondary N) is 1. The van der Waals surface area contributed by atoms with Gasteiger partial charge in [-0.2, -0.15) is 0 Å². The van der Waals surface area contributed by atoms with Gasteiger partial charge in [0, 0.05) is 16.7 Å². The van der Waals surface area contributed by atoms with E-state index in [2.05, 4.69) is 21.2 Å². The third kappa shape index (κ3) is 4.80. The Hall–Kier alpha value is -0.900. The molecule has 0 atom stereocenters. The summed E-state index contributed by atoms with van der Waals surface area (Å²) in [5, 5.41) is 4.39. The van der Waals surface area contributed by atoms with Crippen LogP contribution in [0.1, 0.15) is 19.4 Å². The first-order valence-corrected chi connectivity index (χ1v) is 8.14. The number of rotatable bonds is 5. The van der Waals surface area contributed by atoms with Crippen LogP contribution in [0.5, 0.6) is 5.75 Å². The van der Waals surface area contributed by atoms with Crippen LogP contribution in [0.25, 0.3) is 0 Å². The fourth-order valence-electron chi connectivity index (χ4n) is 1.83. The van der Waals surface area contributed by atoms with Gasteiger partial charge in [0.25, 0.3) is 0 Å². The highest BCUT2D eigenvalue weighted by Gasteiger charge is 2.11. The fraction of sp³-hybridized carbons (Fsp3) is 0.250. The molecule has 0 radical (unpaired) electrons. The number of ether oxygens (including phenoxy) is 1. The number of halogens is 3. The van der Waals surface area contributed by atoms with E-state index in [4.69, 9.17) is 27.9 Å². The van der Waals surface area contributed by atoms with Crippen LogP contribution in [0.15, 0.2) is 40.9 Å². The SMILES string of the molecule is CC(C)Oc1c(Cl)cc(CNc2ccc(Br)cc2)cc1Cl. The van der Waals surface area contributed by atoms with Crippen molar-refractivity contribution in [3.05, 3.63) is 56.5 Å². The van der Waals surface area contributed by atoms with Crippen molar-refractivity contribution in [3.8, 4) is 5.75 Å². The zero-order chi connectivity index (χ0) is 15.4. The normalized spacial score (nSPS) is 10.8. The van der Waals surface area contributed by atoms with Gasteiger partial charge in [0.05, 0.1) is 16.1 Å². The molecule has 0 aliphatic rings. The quantitative estimate of drug-likeness (QED) is 0.662. The number of hydrogen-bond donors (Lipinski definition) is 1. The summed E-state index contributed by atoms with van der Waals surface area (Å²) in [7, 11) is 0. The second-order valence-electron chi connectivity index (χ2n) is 4.92. The summed E-state index contributed by atoms with van der Waals surface area (Å²) in [5.74, 6) is 0.542. The molecule has 2 rings (SSSR count). The van der Waals surface area contributed by atoms with Gasteiger partial charge in [0.1, 0.15) is 0 Å². The molecule has 0 fully saturated rings. The maximum Gasteiger partial charge on any atom is 0.156 e. The summed E-state index contributed by atoms with van der Waals surface area (Å²) in [6.45, 7) is 4.52. The minimum absolute atomic E-state index is 0.0340. The maximum absolute atomic E-state index is 6.24. The van der Waals surface area contributed by atoms with Gasteiger partial charge in [-0.05, 0) is 55.8 Å². The third-order valence-electron chi connectivity index (χ3n) is 2.75. The molecular weight excluding hydrogens is 373 g/mol. The van der Waals surface area contributed by atoms with Crippen molar-refractivity contribution < 1.29 is 4.74 Å². The van der Waals surface area contributed by atoms with Crippen LogP contribution in [0.4, 0.5) is 5.69 Å². The summed E-state index contributed by atoms with van der Waals surface area (Å²) >= 11 is 15.9. The van der Waals surface area contributed by atoms with Gasteiger partial charge in [0.2, 0.25) is 0 Å². The van der Waals surface area contributed by atoms with Crippen LogP contribution in [-0.2, 0) is 6.54 Å². The first-order valence-electron chi connectivity index (χ1n) is 6.59. The number of anilines is 1. The summed E-state index contributed by atoms with van der Waals surface area (Å²) in [6, 6.07) is 11.7. The lowest BCUT2D eigenvalue weighted by atomic mass is 10.2. The van der Waals surface area contributed by atoms with E-state index in [1.807, 2.05) is 50.2 Å². The molecule has 2 aromatic rings. The molecule has 0 spiro atoms. The lowest BCUT2D eigenvalue weighted by Gasteiger charge is -2.15. The lowest BCUT2D eigenvalue weighted by Crippen LogP contribution is -2.07. The molecule has 21 heavy (non-hydrogen) atoms. The topological polar surface area (TPSA) is 21.3 Å².